The zero-order chi connectivity index (χ0) is 24.3. The van der Waals surface area contributed by atoms with Crippen LogP contribution in [0.4, 0.5) is 10.6 Å². The van der Waals surface area contributed by atoms with Crippen molar-refractivity contribution in [1.29, 1.82) is 0 Å². The second kappa shape index (κ2) is 9.54. The monoisotopic (exact) mass is 463 g/mol. The number of carbonyl (C=O) groups is 2. The molecule has 2 heterocycles. The fourth-order valence-electron chi connectivity index (χ4n) is 3.91. The Morgan fingerprint density at radius 1 is 1.21 bits per heavy atom. The van der Waals surface area contributed by atoms with E-state index in [2.05, 4.69) is 21.6 Å². The van der Waals surface area contributed by atoms with Gasteiger partial charge in [0, 0.05) is 12.0 Å². The predicted molar refractivity (Wildman–Crippen MR) is 127 cm³/mol. The summed E-state index contributed by atoms with van der Waals surface area (Å²) in [4.78, 5) is 24.2. The molecule has 1 aromatic carbocycles. The van der Waals surface area contributed by atoms with Gasteiger partial charge in [-0.25, -0.2) is 14.3 Å². The number of hydrogen-bond acceptors (Lipinski definition) is 6. The first-order chi connectivity index (χ1) is 16.2. The number of carbonyl (C=O) groups excluding carboxylic acids is 2. The average Bonchev–Trinajstić information content (AvgIpc) is 3.56. The summed E-state index contributed by atoms with van der Waals surface area (Å²) in [6.07, 6.45) is 3.24. The van der Waals surface area contributed by atoms with Crippen molar-refractivity contribution in [3.05, 3.63) is 71.2 Å². The highest BCUT2D eigenvalue weighted by molar-refractivity contribution is 5.88. The summed E-state index contributed by atoms with van der Waals surface area (Å²) in [5.74, 6) is 0.195. The molecular formula is C25H29N5O4. The van der Waals surface area contributed by atoms with E-state index in [0.717, 1.165) is 35.4 Å². The topological polar surface area (TPSA) is 111 Å². The molecule has 0 saturated heterocycles. The predicted octanol–water partition coefficient (Wildman–Crippen LogP) is 4.86. The first-order valence-electron chi connectivity index (χ1n) is 11.2. The minimum atomic E-state index is -0.532. The molecule has 3 aromatic rings. The van der Waals surface area contributed by atoms with E-state index in [1.165, 1.54) is 7.11 Å². The highest BCUT2D eigenvalue weighted by Crippen LogP contribution is 2.38. The minimum Gasteiger partial charge on any atom is -0.464 e. The van der Waals surface area contributed by atoms with Crippen molar-refractivity contribution in [1.82, 2.24) is 20.0 Å². The Bertz CT molecular complexity index is 1200. The maximum atomic E-state index is 12.5. The fraction of sp³-hybridized carbons (Fsp3) is 0.360. The highest BCUT2D eigenvalue weighted by Gasteiger charge is 2.27. The molecule has 0 fully saturated rings. The molecule has 9 heteroatoms. The van der Waals surface area contributed by atoms with Crippen LogP contribution in [-0.2, 0) is 21.6 Å². The van der Waals surface area contributed by atoms with Crippen molar-refractivity contribution in [2.24, 2.45) is 0 Å². The number of aromatic nitrogens is 4. The second-order valence-corrected chi connectivity index (χ2v) is 9.22. The Morgan fingerprint density at radius 2 is 1.97 bits per heavy atom. The van der Waals surface area contributed by atoms with Crippen molar-refractivity contribution in [2.45, 2.75) is 51.7 Å². The number of esters is 1. The van der Waals surface area contributed by atoms with Gasteiger partial charge in [-0.2, -0.15) is 10.2 Å². The van der Waals surface area contributed by atoms with Crippen LogP contribution in [0.1, 0.15) is 67.0 Å². The third kappa shape index (κ3) is 5.19. The SMILES string of the molecule is COC(=O)c1cc(C2=CC(c3cc(NC(=O)OCc4ccccc4)n(C(C)(C)C)n3)CC2)n[nH]1. The molecular weight excluding hydrogens is 434 g/mol. The van der Waals surface area contributed by atoms with Gasteiger partial charge in [0.2, 0.25) is 0 Å². The molecule has 0 spiro atoms. The summed E-state index contributed by atoms with van der Waals surface area (Å²) < 4.78 is 11.9. The first kappa shape index (κ1) is 23.3. The number of amides is 1. The van der Waals surface area contributed by atoms with Gasteiger partial charge in [0.05, 0.1) is 24.0 Å². The van der Waals surface area contributed by atoms with Crippen LogP contribution in [0.5, 0.6) is 0 Å². The van der Waals surface area contributed by atoms with Gasteiger partial charge in [-0.15, -0.1) is 0 Å². The third-order valence-electron chi connectivity index (χ3n) is 5.63. The van der Waals surface area contributed by atoms with Crippen LogP contribution < -0.4 is 5.32 Å². The largest absolute Gasteiger partial charge is 0.464 e. The molecule has 0 saturated carbocycles. The number of allylic oxidation sites excluding steroid dienone is 2. The van der Waals surface area contributed by atoms with Gasteiger partial charge in [0.1, 0.15) is 18.1 Å². The lowest BCUT2D eigenvalue weighted by atomic mass is 10.1. The number of nitrogens with one attached hydrogen (secondary N) is 2. The highest BCUT2D eigenvalue weighted by atomic mass is 16.5. The molecule has 2 N–H and O–H groups in total. The molecule has 0 aliphatic heterocycles. The van der Waals surface area contributed by atoms with Crippen molar-refractivity contribution in [3.8, 4) is 0 Å². The summed E-state index contributed by atoms with van der Waals surface area (Å²) in [5.41, 5.74) is 3.51. The van der Waals surface area contributed by atoms with Crippen molar-refractivity contribution < 1.29 is 19.1 Å². The van der Waals surface area contributed by atoms with Crippen LogP contribution in [0.2, 0.25) is 0 Å². The maximum absolute atomic E-state index is 12.5. The molecule has 1 atom stereocenters. The van der Waals surface area contributed by atoms with E-state index in [1.807, 2.05) is 61.9 Å². The van der Waals surface area contributed by atoms with Crippen LogP contribution in [0.25, 0.3) is 5.57 Å². The van der Waals surface area contributed by atoms with Crippen LogP contribution in [-0.4, -0.2) is 39.2 Å². The van der Waals surface area contributed by atoms with E-state index < -0.39 is 12.1 Å². The lowest BCUT2D eigenvalue weighted by molar-refractivity contribution is 0.0594. The van der Waals surface area contributed by atoms with E-state index in [4.69, 9.17) is 14.6 Å². The zero-order valence-corrected chi connectivity index (χ0v) is 19.8. The summed E-state index contributed by atoms with van der Waals surface area (Å²) in [6, 6.07) is 13.1. The second-order valence-electron chi connectivity index (χ2n) is 9.22. The number of anilines is 1. The number of ether oxygens (including phenoxy) is 2. The van der Waals surface area contributed by atoms with Gasteiger partial charge in [-0.1, -0.05) is 36.4 Å². The maximum Gasteiger partial charge on any atom is 0.413 e. The molecule has 34 heavy (non-hydrogen) atoms. The molecule has 9 nitrogen and oxygen atoms in total. The number of aromatic amines is 1. The van der Waals surface area contributed by atoms with Gasteiger partial charge in [0.25, 0.3) is 0 Å². The smallest absolute Gasteiger partial charge is 0.413 e. The molecule has 4 rings (SSSR count). The van der Waals surface area contributed by atoms with E-state index >= 15 is 0 Å². The lowest BCUT2D eigenvalue weighted by Gasteiger charge is -2.22. The fourth-order valence-corrected chi connectivity index (χ4v) is 3.91. The molecule has 0 radical (unpaired) electrons. The van der Waals surface area contributed by atoms with E-state index in [-0.39, 0.29) is 18.1 Å². The summed E-state index contributed by atoms with van der Waals surface area (Å²) in [5, 5.41) is 14.6. The Labute approximate surface area is 198 Å². The van der Waals surface area contributed by atoms with Crippen LogP contribution in [0, 0.1) is 0 Å². The molecule has 0 bridgehead atoms. The van der Waals surface area contributed by atoms with Crippen molar-refractivity contribution >= 4 is 23.5 Å². The summed E-state index contributed by atoms with van der Waals surface area (Å²) in [7, 11) is 1.34. The molecule has 178 valence electrons. The van der Waals surface area contributed by atoms with E-state index in [0.29, 0.717) is 11.5 Å². The normalized spacial score (nSPS) is 15.6. The molecule has 2 aromatic heterocycles. The van der Waals surface area contributed by atoms with Crippen LogP contribution in [0.3, 0.4) is 0 Å². The molecule has 1 unspecified atom stereocenters. The number of nitrogens with zero attached hydrogens (tertiary/aromatic N) is 3. The lowest BCUT2D eigenvalue weighted by Crippen LogP contribution is -2.27. The summed E-state index contributed by atoms with van der Waals surface area (Å²) in [6.45, 7) is 6.27. The van der Waals surface area contributed by atoms with E-state index in [1.54, 1.807) is 6.07 Å². The van der Waals surface area contributed by atoms with Crippen molar-refractivity contribution in [3.63, 3.8) is 0 Å². The van der Waals surface area contributed by atoms with Gasteiger partial charge in [-0.05, 0) is 50.8 Å². The van der Waals surface area contributed by atoms with Gasteiger partial charge < -0.3 is 9.47 Å². The van der Waals surface area contributed by atoms with Crippen LogP contribution >= 0.6 is 0 Å². The quantitative estimate of drug-likeness (QED) is 0.505. The number of hydrogen-bond donors (Lipinski definition) is 2. The first-order valence-corrected chi connectivity index (χ1v) is 11.2. The average molecular weight is 464 g/mol. The van der Waals surface area contributed by atoms with Gasteiger partial charge in [0.15, 0.2) is 0 Å². The molecule has 1 aliphatic rings. The zero-order valence-electron chi connectivity index (χ0n) is 19.8. The summed E-state index contributed by atoms with van der Waals surface area (Å²) >= 11 is 0. The Hall–Kier alpha value is -3.88. The number of H-pyrrole nitrogens is 1. The Balaban J connectivity index is 1.50. The van der Waals surface area contributed by atoms with Crippen LogP contribution in [0.15, 0.2) is 48.5 Å². The van der Waals surface area contributed by atoms with Gasteiger partial charge >= 0.3 is 12.1 Å². The molecule has 1 aliphatic carbocycles. The number of rotatable bonds is 6. The van der Waals surface area contributed by atoms with Crippen molar-refractivity contribution in [2.75, 3.05) is 12.4 Å². The Morgan fingerprint density at radius 3 is 2.68 bits per heavy atom. The Kier molecular flexibility index (Phi) is 6.54. The van der Waals surface area contributed by atoms with Gasteiger partial charge in [-0.3, -0.25) is 10.4 Å². The third-order valence-corrected chi connectivity index (χ3v) is 5.63. The minimum absolute atomic E-state index is 0.0674. The van der Waals surface area contributed by atoms with E-state index in [9.17, 15) is 9.59 Å². The number of methoxy groups -OCH3 is 1. The number of benzene rings is 1. The standard InChI is InChI=1S/C25H29N5O4/c1-25(2,3)30-22(26-24(32)34-15-16-8-6-5-7-9-16)14-20(29-30)18-11-10-17(12-18)19-13-21(28-27-19)23(31)33-4/h5-9,12-14,18H,10-11,15H2,1-4H3,(H,26,32)(H,27,28). The molecule has 1 amide bonds.